The van der Waals surface area contributed by atoms with E-state index < -0.39 is 0 Å². The monoisotopic (exact) mass is 222 g/mol. The fourth-order valence-corrected chi connectivity index (χ4v) is 3.63. The molecule has 0 saturated heterocycles. The summed E-state index contributed by atoms with van der Waals surface area (Å²) in [7, 11) is 0. The van der Waals surface area contributed by atoms with Crippen LogP contribution in [0.25, 0.3) is 0 Å². The van der Waals surface area contributed by atoms with Gasteiger partial charge in [-0.1, -0.05) is 77.0 Å². The highest BCUT2D eigenvalue weighted by atomic mass is 14.3. The van der Waals surface area contributed by atoms with Crippen molar-refractivity contribution in [2.45, 2.75) is 89.9 Å². The van der Waals surface area contributed by atoms with Gasteiger partial charge in [0.2, 0.25) is 0 Å². The Morgan fingerprint density at radius 1 is 0.312 bits per heavy atom. The van der Waals surface area contributed by atoms with Crippen LogP contribution in [0.1, 0.15) is 89.9 Å². The molecule has 16 heavy (non-hydrogen) atoms. The summed E-state index contributed by atoms with van der Waals surface area (Å²) in [6.07, 6.45) is 21.4. The highest BCUT2D eigenvalue weighted by molar-refractivity contribution is 4.80. The van der Waals surface area contributed by atoms with E-state index in [1.165, 1.54) is 64.2 Å². The van der Waals surface area contributed by atoms with Crippen molar-refractivity contribution in [1.82, 2.24) is 0 Å². The highest BCUT2D eigenvalue weighted by Gasteiger charge is 2.29. The maximum atomic E-state index is 1.56. The lowest BCUT2D eigenvalue weighted by Gasteiger charge is -2.37. The molecule has 0 radical (unpaired) electrons. The molecule has 2 atom stereocenters. The molecule has 2 saturated carbocycles. The van der Waals surface area contributed by atoms with Crippen LogP contribution in [0.5, 0.6) is 0 Å². The Labute approximate surface area is 102 Å². The van der Waals surface area contributed by atoms with Gasteiger partial charge in [-0.15, -0.1) is 0 Å². The fourth-order valence-electron chi connectivity index (χ4n) is 3.63. The SMILES string of the molecule is C1CCCCCCC2CCC2CCCCC1. The van der Waals surface area contributed by atoms with E-state index in [1.54, 1.807) is 25.7 Å². The lowest BCUT2D eigenvalue weighted by Crippen LogP contribution is -2.25. The van der Waals surface area contributed by atoms with Crippen molar-refractivity contribution in [3.8, 4) is 0 Å². The van der Waals surface area contributed by atoms with Gasteiger partial charge in [-0.2, -0.15) is 0 Å². The Morgan fingerprint density at radius 3 is 0.938 bits per heavy atom. The summed E-state index contributed by atoms with van der Waals surface area (Å²) in [5.41, 5.74) is 0. The third-order valence-electron chi connectivity index (χ3n) is 4.97. The van der Waals surface area contributed by atoms with E-state index in [0.717, 1.165) is 11.8 Å². The van der Waals surface area contributed by atoms with Crippen LogP contribution in [-0.2, 0) is 0 Å². The summed E-state index contributed by atoms with van der Waals surface area (Å²) >= 11 is 0. The van der Waals surface area contributed by atoms with Crippen molar-refractivity contribution in [1.29, 1.82) is 0 Å². The Hall–Kier alpha value is 0. The lowest BCUT2D eigenvalue weighted by molar-refractivity contribution is 0.145. The van der Waals surface area contributed by atoms with Crippen molar-refractivity contribution in [3.05, 3.63) is 0 Å². The second kappa shape index (κ2) is 7.35. The van der Waals surface area contributed by atoms with Crippen LogP contribution in [0.4, 0.5) is 0 Å². The molecule has 0 heterocycles. The molecule has 0 aromatic carbocycles. The van der Waals surface area contributed by atoms with Gasteiger partial charge < -0.3 is 0 Å². The lowest BCUT2D eigenvalue weighted by atomic mass is 9.69. The van der Waals surface area contributed by atoms with Gasteiger partial charge in [-0.3, -0.25) is 0 Å². The van der Waals surface area contributed by atoms with Crippen molar-refractivity contribution in [2.75, 3.05) is 0 Å². The van der Waals surface area contributed by atoms with Gasteiger partial charge in [0.15, 0.2) is 0 Å². The van der Waals surface area contributed by atoms with Crippen molar-refractivity contribution in [3.63, 3.8) is 0 Å². The molecule has 0 spiro atoms. The van der Waals surface area contributed by atoms with Crippen molar-refractivity contribution < 1.29 is 0 Å². The van der Waals surface area contributed by atoms with Gasteiger partial charge in [0.05, 0.1) is 0 Å². The molecule has 2 unspecified atom stereocenters. The third-order valence-corrected chi connectivity index (χ3v) is 4.97. The summed E-state index contributed by atoms with van der Waals surface area (Å²) in [5.74, 6) is 2.28. The summed E-state index contributed by atoms with van der Waals surface area (Å²) in [5, 5.41) is 0. The van der Waals surface area contributed by atoms with Crippen LogP contribution < -0.4 is 0 Å². The van der Waals surface area contributed by atoms with Gasteiger partial charge >= 0.3 is 0 Å². The number of rotatable bonds is 0. The van der Waals surface area contributed by atoms with E-state index in [2.05, 4.69) is 0 Å². The summed E-state index contributed by atoms with van der Waals surface area (Å²) in [6, 6.07) is 0. The number of hydrogen-bond acceptors (Lipinski definition) is 0. The standard InChI is InChI=1S/C16H30/c1-2-4-6-8-10-12-16-14-13-15(16)11-9-7-5-3-1/h15-16H,1-14H2. The Morgan fingerprint density at radius 2 is 0.625 bits per heavy atom. The molecule has 2 aliphatic carbocycles. The second-order valence-corrected chi connectivity index (χ2v) is 6.21. The van der Waals surface area contributed by atoms with E-state index in [-0.39, 0.29) is 0 Å². The molecular formula is C16H30. The molecule has 0 aromatic rings. The molecular weight excluding hydrogens is 192 g/mol. The number of fused-ring (bicyclic) bond motifs is 1. The quantitative estimate of drug-likeness (QED) is 0.492. The van der Waals surface area contributed by atoms with Gasteiger partial charge in [0.1, 0.15) is 0 Å². The molecule has 2 rings (SSSR count). The van der Waals surface area contributed by atoms with Crippen LogP contribution in [0.15, 0.2) is 0 Å². The summed E-state index contributed by atoms with van der Waals surface area (Å²) in [6.45, 7) is 0. The minimum atomic E-state index is 1.14. The first-order valence-corrected chi connectivity index (χ1v) is 7.97. The molecule has 0 N–H and O–H groups in total. The average molecular weight is 222 g/mol. The molecule has 0 bridgehead atoms. The molecule has 0 nitrogen and oxygen atoms in total. The zero-order valence-electron chi connectivity index (χ0n) is 11.1. The molecule has 0 aliphatic heterocycles. The maximum absolute atomic E-state index is 1.56. The van der Waals surface area contributed by atoms with Crippen LogP contribution in [0, 0.1) is 11.8 Å². The van der Waals surface area contributed by atoms with Crippen LogP contribution in [0.3, 0.4) is 0 Å². The Balaban J connectivity index is 1.66. The summed E-state index contributed by atoms with van der Waals surface area (Å²) < 4.78 is 0. The first-order valence-electron chi connectivity index (χ1n) is 7.97. The van der Waals surface area contributed by atoms with Gasteiger partial charge in [-0.25, -0.2) is 0 Å². The van der Waals surface area contributed by atoms with Crippen LogP contribution >= 0.6 is 0 Å². The predicted octanol–water partition coefficient (Wildman–Crippen LogP) is 5.71. The molecule has 94 valence electrons. The minimum Gasteiger partial charge on any atom is -0.0533 e. The fraction of sp³-hybridized carbons (Fsp3) is 1.00. The molecule has 2 aliphatic rings. The number of hydrogen-bond donors (Lipinski definition) is 0. The van der Waals surface area contributed by atoms with E-state index in [4.69, 9.17) is 0 Å². The van der Waals surface area contributed by atoms with Crippen LogP contribution in [0.2, 0.25) is 0 Å². The zero-order chi connectivity index (χ0) is 11.1. The van der Waals surface area contributed by atoms with Gasteiger partial charge in [-0.05, 0) is 24.7 Å². The Kier molecular flexibility index (Phi) is 5.72. The predicted molar refractivity (Wildman–Crippen MR) is 71.6 cm³/mol. The van der Waals surface area contributed by atoms with E-state index in [1.807, 2.05) is 0 Å². The molecule has 2 fully saturated rings. The molecule has 0 aromatic heterocycles. The largest absolute Gasteiger partial charge is 0.0533 e. The zero-order valence-corrected chi connectivity index (χ0v) is 11.1. The minimum absolute atomic E-state index is 1.14. The van der Waals surface area contributed by atoms with Crippen LogP contribution in [-0.4, -0.2) is 0 Å². The van der Waals surface area contributed by atoms with Gasteiger partial charge in [0, 0.05) is 0 Å². The van der Waals surface area contributed by atoms with E-state index in [0.29, 0.717) is 0 Å². The maximum Gasteiger partial charge on any atom is -0.0386 e. The first kappa shape index (κ1) is 12.5. The first-order chi connectivity index (χ1) is 7.97. The molecule has 0 heteroatoms. The molecule has 0 amide bonds. The normalized spacial score (nSPS) is 34.5. The van der Waals surface area contributed by atoms with Crippen molar-refractivity contribution in [2.24, 2.45) is 11.8 Å². The van der Waals surface area contributed by atoms with E-state index in [9.17, 15) is 0 Å². The Bertz CT molecular complexity index is 153. The third kappa shape index (κ3) is 4.11. The average Bonchev–Trinajstić information content (AvgIpc) is 2.27. The highest BCUT2D eigenvalue weighted by Crippen LogP contribution is 2.41. The smallest absolute Gasteiger partial charge is 0.0386 e. The summed E-state index contributed by atoms with van der Waals surface area (Å²) in [4.78, 5) is 0. The van der Waals surface area contributed by atoms with E-state index >= 15 is 0 Å². The van der Waals surface area contributed by atoms with Crippen molar-refractivity contribution >= 4 is 0 Å². The van der Waals surface area contributed by atoms with Gasteiger partial charge in [0.25, 0.3) is 0 Å². The topological polar surface area (TPSA) is 0 Å². The second-order valence-electron chi connectivity index (χ2n) is 6.21.